The molecule has 1 amide bonds. The van der Waals surface area contributed by atoms with Gasteiger partial charge in [-0.2, -0.15) is 4.31 Å². The molecule has 1 fully saturated rings. The number of hydrogen-bond donors (Lipinski definition) is 1. The van der Waals surface area contributed by atoms with E-state index in [0.29, 0.717) is 24.5 Å². The van der Waals surface area contributed by atoms with Crippen LogP contribution < -0.4 is 10.1 Å². The zero-order valence-corrected chi connectivity index (χ0v) is 19.1. The van der Waals surface area contributed by atoms with Crippen LogP contribution in [-0.4, -0.2) is 50.9 Å². The molecular weight excluding hydrogens is 432 g/mol. The molecule has 9 heteroatoms. The number of nitrogens with one attached hydrogen (secondary N) is 1. The number of rotatable bonds is 7. The van der Waals surface area contributed by atoms with Gasteiger partial charge in [0, 0.05) is 13.1 Å². The number of nitrogens with zero attached hydrogens (tertiary/aromatic N) is 1. The molecule has 8 nitrogen and oxygen atoms in total. The van der Waals surface area contributed by atoms with Crippen molar-refractivity contribution < 1.29 is 27.5 Å². The van der Waals surface area contributed by atoms with E-state index in [9.17, 15) is 18.0 Å². The molecule has 0 aromatic heterocycles. The zero-order chi connectivity index (χ0) is 23.1. The average molecular weight is 461 g/mol. The van der Waals surface area contributed by atoms with Gasteiger partial charge in [0.2, 0.25) is 10.0 Å². The van der Waals surface area contributed by atoms with E-state index in [4.69, 9.17) is 9.47 Å². The monoisotopic (exact) mass is 460 g/mol. The minimum Gasteiger partial charge on any atom is -0.495 e. The fourth-order valence-electron chi connectivity index (χ4n) is 3.46. The molecule has 0 bridgehead atoms. The van der Waals surface area contributed by atoms with E-state index in [1.54, 1.807) is 24.3 Å². The number of carbonyl (C=O) groups excluding carboxylic acids is 2. The van der Waals surface area contributed by atoms with Crippen LogP contribution in [0.15, 0.2) is 53.4 Å². The van der Waals surface area contributed by atoms with Crippen LogP contribution in [0.3, 0.4) is 0 Å². The summed E-state index contributed by atoms with van der Waals surface area (Å²) in [6, 6.07) is 12.5. The number of sulfonamides is 1. The highest BCUT2D eigenvalue weighted by molar-refractivity contribution is 7.89. The third kappa shape index (κ3) is 5.66. The summed E-state index contributed by atoms with van der Waals surface area (Å²) in [5.41, 5.74) is 0.628. The first kappa shape index (κ1) is 23.7. The molecule has 2 aromatic rings. The van der Waals surface area contributed by atoms with Gasteiger partial charge in [-0.3, -0.25) is 4.79 Å². The van der Waals surface area contributed by atoms with Gasteiger partial charge in [0.1, 0.15) is 5.75 Å². The summed E-state index contributed by atoms with van der Waals surface area (Å²) < 4.78 is 37.7. The third-order valence-electron chi connectivity index (χ3n) is 5.31. The average Bonchev–Trinajstić information content (AvgIpc) is 3.09. The first-order valence-electron chi connectivity index (χ1n) is 10.6. The maximum absolute atomic E-state index is 12.9. The molecule has 172 valence electrons. The second-order valence-corrected chi connectivity index (χ2v) is 9.52. The number of methoxy groups -OCH3 is 1. The molecule has 32 heavy (non-hydrogen) atoms. The van der Waals surface area contributed by atoms with Crippen molar-refractivity contribution in [2.45, 2.75) is 43.6 Å². The Bertz CT molecular complexity index is 1040. The van der Waals surface area contributed by atoms with Crippen LogP contribution in [0.25, 0.3) is 0 Å². The molecule has 1 saturated heterocycles. The van der Waals surface area contributed by atoms with Crippen LogP contribution in [0, 0.1) is 0 Å². The van der Waals surface area contributed by atoms with E-state index in [-0.39, 0.29) is 10.5 Å². The summed E-state index contributed by atoms with van der Waals surface area (Å²) in [5.74, 6) is -0.741. The molecule has 1 aliphatic rings. The Morgan fingerprint density at radius 3 is 2.22 bits per heavy atom. The molecule has 1 atom stereocenters. The summed E-state index contributed by atoms with van der Waals surface area (Å²) in [5, 5.41) is 2.66. The summed E-state index contributed by atoms with van der Waals surface area (Å²) >= 11 is 0. The van der Waals surface area contributed by atoms with E-state index in [0.717, 1.165) is 25.7 Å². The predicted molar refractivity (Wildman–Crippen MR) is 120 cm³/mol. The number of hydrogen-bond acceptors (Lipinski definition) is 6. The molecule has 0 unspecified atom stereocenters. The van der Waals surface area contributed by atoms with Crippen molar-refractivity contribution in [2.75, 3.05) is 25.5 Å². The molecule has 2 aromatic carbocycles. The largest absolute Gasteiger partial charge is 0.495 e. The fourth-order valence-corrected chi connectivity index (χ4v) is 4.98. The lowest BCUT2D eigenvalue weighted by atomic mass is 10.2. The maximum Gasteiger partial charge on any atom is 0.338 e. The topological polar surface area (TPSA) is 102 Å². The van der Waals surface area contributed by atoms with Crippen molar-refractivity contribution >= 4 is 27.6 Å². The molecule has 1 N–H and O–H groups in total. The van der Waals surface area contributed by atoms with E-state index >= 15 is 0 Å². The number of esters is 1. The van der Waals surface area contributed by atoms with Crippen molar-refractivity contribution in [3.8, 4) is 5.75 Å². The van der Waals surface area contributed by atoms with Gasteiger partial charge < -0.3 is 14.8 Å². The normalized spacial score (nSPS) is 15.9. The van der Waals surface area contributed by atoms with Gasteiger partial charge in [0.25, 0.3) is 5.91 Å². The maximum atomic E-state index is 12.9. The number of benzene rings is 2. The Labute approximate surface area is 188 Å². The minimum atomic E-state index is -3.60. The van der Waals surface area contributed by atoms with Crippen molar-refractivity contribution in [3.63, 3.8) is 0 Å². The van der Waals surface area contributed by atoms with Gasteiger partial charge in [-0.1, -0.05) is 25.0 Å². The number of carbonyl (C=O) groups is 2. The summed E-state index contributed by atoms with van der Waals surface area (Å²) in [7, 11) is -2.11. The smallest absolute Gasteiger partial charge is 0.338 e. The van der Waals surface area contributed by atoms with E-state index in [2.05, 4.69) is 5.32 Å². The van der Waals surface area contributed by atoms with Gasteiger partial charge in [0.05, 0.1) is 23.3 Å². The van der Waals surface area contributed by atoms with Gasteiger partial charge in [-0.15, -0.1) is 0 Å². The standard InChI is InChI=1S/C23H28N2O6S/c1-17(22(26)24-20-9-5-6-10-21(20)30-2)31-23(27)18-11-13-19(14-12-18)32(28,29)25-15-7-3-4-8-16-25/h5-6,9-14,17H,3-4,7-8,15-16H2,1-2H3,(H,24,26)/t17-/m0/s1. The second kappa shape index (κ2) is 10.6. The molecule has 3 rings (SSSR count). The second-order valence-electron chi connectivity index (χ2n) is 7.58. The first-order valence-corrected chi connectivity index (χ1v) is 12.0. The zero-order valence-electron chi connectivity index (χ0n) is 18.2. The van der Waals surface area contributed by atoms with Crippen molar-refractivity contribution in [1.29, 1.82) is 0 Å². The predicted octanol–water partition coefficient (Wildman–Crippen LogP) is 3.44. The summed E-state index contributed by atoms with van der Waals surface area (Å²) in [4.78, 5) is 25.0. The van der Waals surface area contributed by atoms with Crippen LogP contribution >= 0.6 is 0 Å². The van der Waals surface area contributed by atoms with E-state index < -0.39 is 28.0 Å². The molecule has 1 heterocycles. The SMILES string of the molecule is COc1ccccc1NC(=O)[C@H](C)OC(=O)c1ccc(S(=O)(=O)N2CCCCCC2)cc1. The van der Waals surface area contributed by atoms with Crippen LogP contribution in [0.2, 0.25) is 0 Å². The highest BCUT2D eigenvalue weighted by atomic mass is 32.2. The summed E-state index contributed by atoms with van der Waals surface area (Å²) in [6.07, 6.45) is 2.68. The van der Waals surface area contributed by atoms with Crippen molar-refractivity contribution in [1.82, 2.24) is 4.31 Å². The third-order valence-corrected chi connectivity index (χ3v) is 7.22. The molecule has 0 aliphatic carbocycles. The van der Waals surface area contributed by atoms with E-state index in [1.807, 2.05) is 0 Å². The van der Waals surface area contributed by atoms with E-state index in [1.165, 1.54) is 42.6 Å². The lowest BCUT2D eigenvalue weighted by molar-refractivity contribution is -0.123. The van der Waals surface area contributed by atoms with Crippen LogP contribution in [0.4, 0.5) is 5.69 Å². The first-order chi connectivity index (χ1) is 15.3. The lowest BCUT2D eigenvalue weighted by Gasteiger charge is -2.20. The Kier molecular flexibility index (Phi) is 7.87. The van der Waals surface area contributed by atoms with Crippen LogP contribution in [-0.2, 0) is 19.6 Å². The number of ether oxygens (including phenoxy) is 2. The minimum absolute atomic E-state index is 0.137. The Morgan fingerprint density at radius 2 is 1.59 bits per heavy atom. The highest BCUT2D eigenvalue weighted by Gasteiger charge is 2.26. The molecular formula is C23H28N2O6S. The molecule has 0 radical (unpaired) electrons. The highest BCUT2D eigenvalue weighted by Crippen LogP contribution is 2.24. The fraction of sp³-hybridized carbons (Fsp3) is 0.391. The van der Waals surface area contributed by atoms with Gasteiger partial charge in [0.15, 0.2) is 6.10 Å². The van der Waals surface area contributed by atoms with Gasteiger partial charge >= 0.3 is 5.97 Å². The number of para-hydroxylation sites is 2. The van der Waals surface area contributed by atoms with Gasteiger partial charge in [-0.05, 0) is 56.2 Å². The quantitative estimate of drug-likeness (QED) is 0.635. The molecule has 1 aliphatic heterocycles. The Morgan fingerprint density at radius 1 is 0.969 bits per heavy atom. The van der Waals surface area contributed by atoms with Gasteiger partial charge in [-0.25, -0.2) is 13.2 Å². The summed E-state index contributed by atoms with van der Waals surface area (Å²) in [6.45, 7) is 2.47. The van der Waals surface area contributed by atoms with Crippen molar-refractivity contribution in [2.24, 2.45) is 0 Å². The number of anilines is 1. The molecule has 0 saturated carbocycles. The Hall–Kier alpha value is -2.91. The lowest BCUT2D eigenvalue weighted by Crippen LogP contribution is -2.32. The Balaban J connectivity index is 1.63. The number of amides is 1. The van der Waals surface area contributed by atoms with Crippen molar-refractivity contribution in [3.05, 3.63) is 54.1 Å². The van der Waals surface area contributed by atoms with Crippen LogP contribution in [0.1, 0.15) is 43.0 Å². The molecule has 0 spiro atoms. The van der Waals surface area contributed by atoms with Crippen LogP contribution in [0.5, 0.6) is 5.75 Å².